The molecule has 0 spiro atoms. The summed E-state index contributed by atoms with van der Waals surface area (Å²) in [5, 5.41) is 12.8. The van der Waals surface area contributed by atoms with Gasteiger partial charge < -0.3 is 26.0 Å². The predicted molar refractivity (Wildman–Crippen MR) is 143 cm³/mol. The maximum Gasteiger partial charge on any atom is 0.308 e. The number of ether oxygens (including phenoxy) is 1. The second-order valence-corrected chi connectivity index (χ2v) is 8.64. The number of nitrogen functional groups attached to an aromatic ring is 1. The second-order valence-electron chi connectivity index (χ2n) is 8.64. The lowest BCUT2D eigenvalue weighted by molar-refractivity contribution is -0.146. The highest BCUT2D eigenvalue weighted by Crippen LogP contribution is 2.13. The van der Waals surface area contributed by atoms with Crippen LogP contribution in [0.5, 0.6) is 0 Å². The first-order valence-corrected chi connectivity index (χ1v) is 11.7. The Balaban J connectivity index is 1.75. The third kappa shape index (κ3) is 7.76. The molecule has 1 atom stereocenters. The third-order valence-electron chi connectivity index (χ3n) is 5.48. The summed E-state index contributed by atoms with van der Waals surface area (Å²) in [5.41, 5.74) is 7.64. The summed E-state index contributed by atoms with van der Waals surface area (Å²) < 4.78 is 5.30. The van der Waals surface area contributed by atoms with E-state index in [-0.39, 0.29) is 23.9 Å². The summed E-state index contributed by atoms with van der Waals surface area (Å²) in [6.45, 7) is 0.0178. The Kier molecular flexibility index (Phi) is 9.31. The fourth-order valence-electron chi connectivity index (χ4n) is 3.43. The van der Waals surface area contributed by atoms with E-state index in [2.05, 4.69) is 10.6 Å². The van der Waals surface area contributed by atoms with Gasteiger partial charge in [0.05, 0.1) is 6.42 Å². The SMILES string of the molecule is CN(C)C(=O)c1ccc(C(=O)N[C@H](CC(=O)OCc2ccccc2)C(=O)Nc2cccc(C(=N)N)c2)cc1. The summed E-state index contributed by atoms with van der Waals surface area (Å²) in [7, 11) is 3.24. The van der Waals surface area contributed by atoms with E-state index in [1.807, 2.05) is 18.2 Å². The summed E-state index contributed by atoms with van der Waals surface area (Å²) in [5.74, 6) is -2.34. The molecule has 3 amide bonds. The van der Waals surface area contributed by atoms with E-state index in [1.165, 1.54) is 35.2 Å². The molecule has 0 aromatic heterocycles. The van der Waals surface area contributed by atoms with Crippen LogP contribution in [0.1, 0.15) is 38.3 Å². The number of carbonyl (C=O) groups excluding carboxylic acids is 4. The third-order valence-corrected chi connectivity index (χ3v) is 5.48. The molecule has 5 N–H and O–H groups in total. The highest BCUT2D eigenvalue weighted by atomic mass is 16.5. The minimum Gasteiger partial charge on any atom is -0.461 e. The quantitative estimate of drug-likeness (QED) is 0.185. The number of nitrogens with one attached hydrogen (secondary N) is 3. The highest BCUT2D eigenvalue weighted by molar-refractivity contribution is 6.04. The van der Waals surface area contributed by atoms with Crippen LogP contribution in [0.3, 0.4) is 0 Å². The lowest BCUT2D eigenvalue weighted by Gasteiger charge is -2.18. The van der Waals surface area contributed by atoms with E-state index in [4.69, 9.17) is 15.9 Å². The van der Waals surface area contributed by atoms with Crippen molar-refractivity contribution in [1.82, 2.24) is 10.2 Å². The lowest BCUT2D eigenvalue weighted by atomic mass is 10.1. The van der Waals surface area contributed by atoms with Gasteiger partial charge in [-0.05, 0) is 42.0 Å². The van der Waals surface area contributed by atoms with Gasteiger partial charge in [-0.2, -0.15) is 0 Å². The molecule has 0 aliphatic carbocycles. The fraction of sp³-hybridized carbons (Fsp3) is 0.179. The van der Waals surface area contributed by atoms with Gasteiger partial charge in [-0.25, -0.2) is 0 Å². The van der Waals surface area contributed by atoms with E-state index in [9.17, 15) is 19.2 Å². The van der Waals surface area contributed by atoms with E-state index in [0.717, 1.165) is 5.56 Å². The predicted octanol–water partition coefficient (Wildman–Crippen LogP) is 2.54. The Labute approximate surface area is 220 Å². The molecular weight excluding hydrogens is 486 g/mol. The molecule has 0 saturated heterocycles. The topological polar surface area (TPSA) is 155 Å². The average molecular weight is 516 g/mol. The molecular formula is C28H29N5O5. The van der Waals surface area contributed by atoms with Crippen molar-refractivity contribution in [3.63, 3.8) is 0 Å². The molecule has 3 rings (SSSR count). The van der Waals surface area contributed by atoms with Crippen molar-refractivity contribution in [3.05, 3.63) is 101 Å². The van der Waals surface area contributed by atoms with Crippen molar-refractivity contribution < 1.29 is 23.9 Å². The molecule has 0 bridgehead atoms. The van der Waals surface area contributed by atoms with Gasteiger partial charge in [-0.3, -0.25) is 24.6 Å². The number of hydrogen-bond acceptors (Lipinski definition) is 6. The number of anilines is 1. The van der Waals surface area contributed by atoms with Crippen LogP contribution in [0, 0.1) is 5.41 Å². The maximum absolute atomic E-state index is 13.1. The van der Waals surface area contributed by atoms with Crippen LogP contribution in [0.15, 0.2) is 78.9 Å². The summed E-state index contributed by atoms with van der Waals surface area (Å²) in [6.07, 6.45) is -0.423. The van der Waals surface area contributed by atoms with Crippen LogP contribution >= 0.6 is 0 Å². The van der Waals surface area contributed by atoms with Gasteiger partial charge in [-0.15, -0.1) is 0 Å². The number of benzene rings is 3. The van der Waals surface area contributed by atoms with Crippen LogP contribution in [0.2, 0.25) is 0 Å². The molecule has 0 heterocycles. The number of hydrogen-bond donors (Lipinski definition) is 4. The minimum atomic E-state index is -1.27. The zero-order chi connectivity index (χ0) is 27.7. The molecule has 0 radical (unpaired) electrons. The van der Waals surface area contributed by atoms with Gasteiger partial charge in [0, 0.05) is 36.5 Å². The van der Waals surface area contributed by atoms with Crippen molar-refractivity contribution in [1.29, 1.82) is 5.41 Å². The Morgan fingerprint density at radius 1 is 0.895 bits per heavy atom. The molecule has 0 aliphatic rings. The van der Waals surface area contributed by atoms with Crippen LogP contribution in [0.4, 0.5) is 5.69 Å². The van der Waals surface area contributed by atoms with Gasteiger partial charge in [0.1, 0.15) is 18.5 Å². The van der Waals surface area contributed by atoms with Gasteiger partial charge >= 0.3 is 5.97 Å². The molecule has 10 heteroatoms. The molecule has 0 fully saturated rings. The number of esters is 1. The normalized spacial score (nSPS) is 11.1. The van der Waals surface area contributed by atoms with E-state index in [1.54, 1.807) is 44.4 Å². The summed E-state index contributed by atoms with van der Waals surface area (Å²) in [4.78, 5) is 52.2. The van der Waals surface area contributed by atoms with Gasteiger partial charge in [0.15, 0.2) is 0 Å². The lowest BCUT2D eigenvalue weighted by Crippen LogP contribution is -2.45. The van der Waals surface area contributed by atoms with Crippen molar-refractivity contribution in [3.8, 4) is 0 Å². The molecule has 0 aliphatic heterocycles. The molecule has 0 saturated carbocycles. The Hall–Kier alpha value is -4.99. The van der Waals surface area contributed by atoms with Crippen molar-refractivity contribution in [2.24, 2.45) is 5.73 Å². The number of nitrogens with two attached hydrogens (primary N) is 1. The number of rotatable bonds is 10. The largest absolute Gasteiger partial charge is 0.461 e. The van der Waals surface area contributed by atoms with E-state index < -0.39 is 30.2 Å². The fourth-order valence-corrected chi connectivity index (χ4v) is 3.43. The molecule has 3 aromatic carbocycles. The van der Waals surface area contributed by atoms with E-state index >= 15 is 0 Å². The monoisotopic (exact) mass is 515 g/mol. The van der Waals surface area contributed by atoms with Gasteiger partial charge in [0.25, 0.3) is 11.8 Å². The van der Waals surface area contributed by atoms with Crippen molar-refractivity contribution in [2.75, 3.05) is 19.4 Å². The zero-order valence-electron chi connectivity index (χ0n) is 21.1. The molecule has 0 unspecified atom stereocenters. The molecule has 3 aromatic rings. The van der Waals surface area contributed by atoms with Gasteiger partial charge in [-0.1, -0.05) is 42.5 Å². The highest BCUT2D eigenvalue weighted by Gasteiger charge is 2.26. The smallest absolute Gasteiger partial charge is 0.308 e. The first-order chi connectivity index (χ1) is 18.1. The second kappa shape index (κ2) is 12.8. The number of nitrogens with zero attached hydrogens (tertiary/aromatic N) is 1. The molecule has 38 heavy (non-hydrogen) atoms. The van der Waals surface area contributed by atoms with Crippen molar-refractivity contribution >= 4 is 35.2 Å². The van der Waals surface area contributed by atoms with Gasteiger partial charge in [0.2, 0.25) is 5.91 Å². The molecule has 10 nitrogen and oxygen atoms in total. The first-order valence-electron chi connectivity index (χ1n) is 11.7. The maximum atomic E-state index is 13.1. The van der Waals surface area contributed by atoms with Crippen LogP contribution in [0.25, 0.3) is 0 Å². The number of amidine groups is 1. The average Bonchev–Trinajstić information content (AvgIpc) is 2.91. The zero-order valence-corrected chi connectivity index (χ0v) is 21.1. The standard InChI is InChI=1S/C28H29N5O5/c1-33(2)28(37)20-13-11-19(12-14-20)26(35)32-23(16-24(34)38-17-18-7-4-3-5-8-18)27(36)31-22-10-6-9-21(15-22)25(29)30/h3-15,23H,16-17H2,1-2H3,(H3,29,30)(H,31,36)(H,32,35)/t23-/m1/s1. The van der Waals surface area contributed by atoms with Crippen LogP contribution in [-0.2, 0) is 20.9 Å². The summed E-state index contributed by atoms with van der Waals surface area (Å²) in [6, 6.07) is 20.1. The van der Waals surface area contributed by atoms with Crippen LogP contribution in [-0.4, -0.2) is 54.6 Å². The Morgan fingerprint density at radius 3 is 2.18 bits per heavy atom. The number of carbonyl (C=O) groups is 4. The first kappa shape index (κ1) is 27.6. The number of amides is 3. The Morgan fingerprint density at radius 2 is 1.55 bits per heavy atom. The van der Waals surface area contributed by atoms with Crippen LogP contribution < -0.4 is 16.4 Å². The van der Waals surface area contributed by atoms with Crippen molar-refractivity contribution in [2.45, 2.75) is 19.1 Å². The Bertz CT molecular complexity index is 1320. The van der Waals surface area contributed by atoms with E-state index in [0.29, 0.717) is 16.8 Å². The summed E-state index contributed by atoms with van der Waals surface area (Å²) >= 11 is 0. The minimum absolute atomic E-state index is 0.0178. The molecule has 196 valence electrons.